The Morgan fingerprint density at radius 3 is 1.30 bits per heavy atom. The molecule has 6 nitrogen and oxygen atoms in total. The maximum atomic E-state index is 13.6. The number of piperidine rings is 2. The fourth-order valence-corrected chi connectivity index (χ4v) is 8.09. The summed E-state index contributed by atoms with van der Waals surface area (Å²) in [5, 5.41) is 0. The lowest BCUT2D eigenvalue weighted by Crippen LogP contribution is -2.57. The molecule has 0 spiro atoms. The van der Waals surface area contributed by atoms with Crippen molar-refractivity contribution in [2.24, 2.45) is 11.8 Å². The van der Waals surface area contributed by atoms with E-state index in [4.69, 9.17) is 0 Å². The molecule has 0 aromatic heterocycles. The lowest BCUT2D eigenvalue weighted by molar-refractivity contribution is -0.137. The van der Waals surface area contributed by atoms with Crippen molar-refractivity contribution in [3.63, 3.8) is 0 Å². The van der Waals surface area contributed by atoms with Crippen LogP contribution in [0.2, 0.25) is 0 Å². The third-order valence-corrected chi connectivity index (χ3v) is 10.8. The van der Waals surface area contributed by atoms with E-state index in [0.717, 1.165) is 90.6 Å². The normalized spacial score (nSPS) is 22.1. The van der Waals surface area contributed by atoms with Crippen molar-refractivity contribution in [3.05, 3.63) is 71.8 Å². The first kappa shape index (κ1) is 32.7. The van der Waals surface area contributed by atoms with Gasteiger partial charge in [0.15, 0.2) is 0 Å². The van der Waals surface area contributed by atoms with Crippen LogP contribution >= 0.6 is 0 Å². The molecule has 0 N–H and O–H groups in total. The number of carbonyl (C=O) groups is 2. The molecule has 240 valence electrons. The fraction of sp³-hybridized carbons (Fsp3) is 0.632. The Labute approximate surface area is 266 Å². The number of nitrogens with zero attached hydrogens (tertiary/aromatic N) is 4. The Bertz CT molecular complexity index is 1050. The summed E-state index contributed by atoms with van der Waals surface area (Å²) in [6.45, 7) is 10.6. The lowest BCUT2D eigenvalue weighted by atomic mass is 9.87. The summed E-state index contributed by atoms with van der Waals surface area (Å²) in [5.74, 6) is 1.90. The van der Waals surface area contributed by atoms with Gasteiger partial charge in [-0.05, 0) is 87.4 Å². The van der Waals surface area contributed by atoms with E-state index in [0.29, 0.717) is 37.0 Å². The van der Waals surface area contributed by atoms with E-state index >= 15 is 0 Å². The average molecular weight is 601 g/mol. The van der Waals surface area contributed by atoms with Gasteiger partial charge in [-0.2, -0.15) is 0 Å². The SMILES string of the molecule is CCN(CC(=O)N1CCC(Cc2ccccc2)CC1)C1CCCCC1N(CC)CC(=O)N1CCC(Cc2ccccc2)CC1. The van der Waals surface area contributed by atoms with Crippen LogP contribution in [0.15, 0.2) is 60.7 Å². The molecule has 5 rings (SSSR count). The maximum absolute atomic E-state index is 13.6. The number of rotatable bonds is 12. The highest BCUT2D eigenvalue weighted by molar-refractivity contribution is 5.79. The van der Waals surface area contributed by atoms with Crippen molar-refractivity contribution in [3.8, 4) is 0 Å². The quantitative estimate of drug-likeness (QED) is 0.304. The summed E-state index contributed by atoms with van der Waals surface area (Å²) in [7, 11) is 0. The first-order chi connectivity index (χ1) is 21.5. The zero-order valence-corrected chi connectivity index (χ0v) is 27.4. The van der Waals surface area contributed by atoms with Gasteiger partial charge in [0.25, 0.3) is 0 Å². The second kappa shape index (κ2) is 16.6. The number of likely N-dealkylation sites (N-methyl/N-ethyl adjacent to an activating group) is 2. The minimum absolute atomic E-state index is 0.284. The van der Waals surface area contributed by atoms with Crippen molar-refractivity contribution < 1.29 is 9.59 Å². The Morgan fingerprint density at radius 2 is 0.955 bits per heavy atom. The van der Waals surface area contributed by atoms with E-state index in [1.165, 1.54) is 24.0 Å². The highest BCUT2D eigenvalue weighted by Crippen LogP contribution is 2.29. The van der Waals surface area contributed by atoms with Crippen molar-refractivity contribution in [2.75, 3.05) is 52.4 Å². The molecule has 0 radical (unpaired) electrons. The van der Waals surface area contributed by atoms with E-state index in [1.54, 1.807) is 0 Å². The monoisotopic (exact) mass is 600 g/mol. The van der Waals surface area contributed by atoms with Gasteiger partial charge in [0.05, 0.1) is 13.1 Å². The first-order valence-electron chi connectivity index (χ1n) is 17.7. The Hall–Kier alpha value is -2.70. The topological polar surface area (TPSA) is 47.1 Å². The molecule has 0 bridgehead atoms. The number of hydrogen-bond donors (Lipinski definition) is 0. The van der Waals surface area contributed by atoms with E-state index in [9.17, 15) is 9.59 Å². The lowest BCUT2D eigenvalue weighted by Gasteiger charge is -2.45. The van der Waals surface area contributed by atoms with Crippen LogP contribution in [0, 0.1) is 11.8 Å². The van der Waals surface area contributed by atoms with Gasteiger partial charge in [-0.25, -0.2) is 0 Å². The molecule has 1 aliphatic carbocycles. The van der Waals surface area contributed by atoms with E-state index < -0.39 is 0 Å². The number of likely N-dealkylation sites (tertiary alicyclic amines) is 2. The molecule has 3 aliphatic rings. The third kappa shape index (κ3) is 8.94. The molecule has 6 heteroatoms. The van der Waals surface area contributed by atoms with Gasteiger partial charge in [0, 0.05) is 38.3 Å². The maximum Gasteiger partial charge on any atom is 0.236 e. The minimum atomic E-state index is 0.284. The van der Waals surface area contributed by atoms with Crippen molar-refractivity contribution >= 4 is 11.8 Å². The molecule has 2 unspecified atom stereocenters. The van der Waals surface area contributed by atoms with Gasteiger partial charge < -0.3 is 9.80 Å². The Kier molecular flexibility index (Phi) is 12.3. The van der Waals surface area contributed by atoms with Gasteiger partial charge in [-0.3, -0.25) is 19.4 Å². The van der Waals surface area contributed by atoms with Crippen LogP contribution in [0.1, 0.15) is 76.3 Å². The number of carbonyl (C=O) groups excluding carboxylic acids is 2. The van der Waals surface area contributed by atoms with Crippen LogP contribution in [0.5, 0.6) is 0 Å². The van der Waals surface area contributed by atoms with Crippen molar-refractivity contribution in [1.29, 1.82) is 0 Å². The van der Waals surface area contributed by atoms with Gasteiger partial charge in [0.1, 0.15) is 0 Å². The molecular formula is C38H56N4O2. The highest BCUT2D eigenvalue weighted by Gasteiger charge is 2.36. The van der Waals surface area contributed by atoms with Gasteiger partial charge in [-0.1, -0.05) is 87.4 Å². The standard InChI is InChI=1S/C38H56N4O2/c1-3-39(29-37(43)41-23-19-33(20-24-41)27-31-13-7-5-8-14-31)35-17-11-12-18-36(35)40(4-2)30-38(44)42-25-21-34(22-26-42)28-32-15-9-6-10-16-32/h5-10,13-16,33-36H,3-4,11-12,17-30H2,1-2H3. The van der Waals surface area contributed by atoms with Crippen LogP contribution in [0.25, 0.3) is 0 Å². The second-order valence-corrected chi connectivity index (χ2v) is 13.6. The molecule has 2 heterocycles. The van der Waals surface area contributed by atoms with Crippen LogP contribution in [-0.2, 0) is 22.4 Å². The number of hydrogen-bond acceptors (Lipinski definition) is 4. The zero-order valence-electron chi connectivity index (χ0n) is 27.4. The smallest absolute Gasteiger partial charge is 0.236 e. The van der Waals surface area contributed by atoms with Gasteiger partial charge >= 0.3 is 0 Å². The number of benzene rings is 2. The summed E-state index contributed by atoms with van der Waals surface area (Å²) in [4.78, 5) is 36.2. The van der Waals surface area contributed by atoms with Crippen LogP contribution in [-0.4, -0.2) is 95.9 Å². The number of amides is 2. The summed E-state index contributed by atoms with van der Waals surface area (Å²) < 4.78 is 0. The van der Waals surface area contributed by atoms with E-state index in [1.807, 2.05) is 0 Å². The van der Waals surface area contributed by atoms with Crippen LogP contribution in [0.3, 0.4) is 0 Å². The highest BCUT2D eigenvalue weighted by atomic mass is 16.2. The van der Waals surface area contributed by atoms with Crippen molar-refractivity contribution in [1.82, 2.24) is 19.6 Å². The van der Waals surface area contributed by atoms with Crippen molar-refractivity contribution in [2.45, 2.75) is 90.1 Å². The molecule has 3 fully saturated rings. The summed E-state index contributed by atoms with van der Waals surface area (Å²) in [6.07, 6.45) is 11.2. The minimum Gasteiger partial charge on any atom is -0.342 e. The molecule has 44 heavy (non-hydrogen) atoms. The summed E-state index contributed by atoms with van der Waals surface area (Å²) >= 11 is 0. The molecule has 2 aliphatic heterocycles. The third-order valence-electron chi connectivity index (χ3n) is 10.8. The molecule has 2 aromatic rings. The van der Waals surface area contributed by atoms with Crippen LogP contribution < -0.4 is 0 Å². The molecule has 1 saturated carbocycles. The molecular weight excluding hydrogens is 544 g/mol. The van der Waals surface area contributed by atoms with Gasteiger partial charge in [-0.15, -0.1) is 0 Å². The largest absolute Gasteiger partial charge is 0.342 e. The van der Waals surface area contributed by atoms with E-state index in [-0.39, 0.29) is 11.8 Å². The van der Waals surface area contributed by atoms with E-state index in [2.05, 4.69) is 94.1 Å². The average Bonchev–Trinajstić information content (AvgIpc) is 3.07. The molecule has 2 atom stereocenters. The molecule has 2 saturated heterocycles. The predicted molar refractivity (Wildman–Crippen MR) is 179 cm³/mol. The fourth-order valence-electron chi connectivity index (χ4n) is 8.09. The Balaban J connectivity index is 1.11. The first-order valence-corrected chi connectivity index (χ1v) is 17.7. The molecule has 2 aromatic carbocycles. The predicted octanol–water partition coefficient (Wildman–Crippen LogP) is 5.90. The summed E-state index contributed by atoms with van der Waals surface area (Å²) in [5.41, 5.74) is 2.81. The van der Waals surface area contributed by atoms with Crippen LogP contribution in [0.4, 0.5) is 0 Å². The van der Waals surface area contributed by atoms with Gasteiger partial charge in [0.2, 0.25) is 11.8 Å². The zero-order chi connectivity index (χ0) is 30.7. The summed E-state index contributed by atoms with van der Waals surface area (Å²) in [6, 6.07) is 22.2. The molecule has 2 amide bonds. The Morgan fingerprint density at radius 1 is 0.591 bits per heavy atom. The second-order valence-electron chi connectivity index (χ2n) is 13.6.